The van der Waals surface area contributed by atoms with E-state index >= 15 is 0 Å². The van der Waals surface area contributed by atoms with Crippen molar-refractivity contribution < 1.29 is 5.11 Å². The number of rotatable bonds is 3. The number of anilines is 1. The van der Waals surface area contributed by atoms with Crippen molar-refractivity contribution in [1.82, 2.24) is 4.98 Å². The molecule has 1 heterocycles. The zero-order valence-electron chi connectivity index (χ0n) is 6.49. The summed E-state index contributed by atoms with van der Waals surface area (Å²) in [5.74, 6) is 0.800. The molecule has 60 valence electrons. The minimum Gasteiger partial charge on any atom is -0.394 e. The first-order valence-corrected chi connectivity index (χ1v) is 3.61. The number of aliphatic hydroxyl groups excluding tert-OH is 1. The Bertz CT molecular complexity index is 201. The molecule has 1 aromatic heterocycles. The molecule has 1 aromatic rings. The summed E-state index contributed by atoms with van der Waals surface area (Å²) < 4.78 is 0. The van der Waals surface area contributed by atoms with Crippen LogP contribution in [0.2, 0.25) is 0 Å². The monoisotopic (exact) mass is 152 g/mol. The van der Waals surface area contributed by atoms with E-state index in [9.17, 15) is 0 Å². The van der Waals surface area contributed by atoms with E-state index < -0.39 is 0 Å². The fraction of sp³-hybridized carbons (Fsp3) is 0.375. The molecular formula is C8H12N2O. The van der Waals surface area contributed by atoms with Crippen LogP contribution in [-0.4, -0.2) is 22.7 Å². The zero-order chi connectivity index (χ0) is 8.10. The van der Waals surface area contributed by atoms with Crippen molar-refractivity contribution in [1.29, 1.82) is 0 Å². The number of hydrogen-bond donors (Lipinski definition) is 2. The summed E-state index contributed by atoms with van der Waals surface area (Å²) in [7, 11) is 0. The lowest BCUT2D eigenvalue weighted by Gasteiger charge is -2.10. The van der Waals surface area contributed by atoms with Gasteiger partial charge in [0.05, 0.1) is 6.61 Å². The van der Waals surface area contributed by atoms with Gasteiger partial charge in [-0.15, -0.1) is 0 Å². The molecule has 0 aliphatic heterocycles. The predicted molar refractivity (Wildman–Crippen MR) is 44.4 cm³/mol. The van der Waals surface area contributed by atoms with Gasteiger partial charge >= 0.3 is 0 Å². The van der Waals surface area contributed by atoms with Crippen LogP contribution in [0.5, 0.6) is 0 Å². The summed E-state index contributed by atoms with van der Waals surface area (Å²) in [4.78, 5) is 4.04. The molecular weight excluding hydrogens is 140 g/mol. The molecule has 0 spiro atoms. The zero-order valence-corrected chi connectivity index (χ0v) is 6.49. The molecule has 0 unspecified atom stereocenters. The first-order valence-electron chi connectivity index (χ1n) is 3.61. The Balaban J connectivity index is 2.51. The van der Waals surface area contributed by atoms with Crippen LogP contribution in [0, 0.1) is 0 Å². The van der Waals surface area contributed by atoms with E-state index in [0.29, 0.717) is 0 Å². The highest BCUT2D eigenvalue weighted by Gasteiger charge is 1.97. The van der Waals surface area contributed by atoms with Gasteiger partial charge in [-0.1, -0.05) is 6.07 Å². The van der Waals surface area contributed by atoms with Crippen LogP contribution in [-0.2, 0) is 0 Å². The topological polar surface area (TPSA) is 45.1 Å². The molecule has 3 nitrogen and oxygen atoms in total. The van der Waals surface area contributed by atoms with Gasteiger partial charge in [0.1, 0.15) is 5.82 Å². The molecule has 0 aliphatic carbocycles. The van der Waals surface area contributed by atoms with Gasteiger partial charge in [0, 0.05) is 12.2 Å². The lowest BCUT2D eigenvalue weighted by molar-refractivity contribution is 0.281. The Kier molecular flexibility index (Phi) is 2.86. The standard InChI is InChI=1S/C8H12N2O/c1-7(6-11)10-8-4-2-3-5-9-8/h2-5,7,11H,6H2,1H3,(H,9,10)/t7-/m0/s1. The molecule has 1 rings (SSSR count). The predicted octanol–water partition coefficient (Wildman–Crippen LogP) is 0.874. The molecule has 0 aromatic carbocycles. The summed E-state index contributed by atoms with van der Waals surface area (Å²) in [5.41, 5.74) is 0. The third-order valence-electron chi connectivity index (χ3n) is 1.33. The van der Waals surface area contributed by atoms with Gasteiger partial charge in [-0.05, 0) is 19.1 Å². The smallest absolute Gasteiger partial charge is 0.126 e. The first kappa shape index (κ1) is 8.01. The number of aliphatic hydroxyl groups is 1. The van der Waals surface area contributed by atoms with Crippen LogP contribution in [0.1, 0.15) is 6.92 Å². The van der Waals surface area contributed by atoms with E-state index in [1.807, 2.05) is 25.1 Å². The van der Waals surface area contributed by atoms with Gasteiger partial charge < -0.3 is 10.4 Å². The third-order valence-corrected chi connectivity index (χ3v) is 1.33. The Morgan fingerprint density at radius 2 is 2.45 bits per heavy atom. The Hall–Kier alpha value is -1.09. The second-order valence-electron chi connectivity index (χ2n) is 2.44. The van der Waals surface area contributed by atoms with Crippen molar-refractivity contribution in [2.45, 2.75) is 13.0 Å². The van der Waals surface area contributed by atoms with Crippen LogP contribution in [0.3, 0.4) is 0 Å². The van der Waals surface area contributed by atoms with Crippen molar-refractivity contribution in [2.75, 3.05) is 11.9 Å². The summed E-state index contributed by atoms with van der Waals surface area (Å²) in [6, 6.07) is 5.69. The van der Waals surface area contributed by atoms with E-state index in [1.165, 1.54) is 0 Å². The van der Waals surface area contributed by atoms with Gasteiger partial charge in [0.2, 0.25) is 0 Å². The van der Waals surface area contributed by atoms with Crippen LogP contribution < -0.4 is 5.32 Å². The summed E-state index contributed by atoms with van der Waals surface area (Å²) in [5, 5.41) is 11.7. The normalized spacial score (nSPS) is 12.5. The second-order valence-corrected chi connectivity index (χ2v) is 2.44. The lowest BCUT2D eigenvalue weighted by atomic mass is 10.3. The molecule has 0 saturated carbocycles. The van der Waals surface area contributed by atoms with Crippen LogP contribution >= 0.6 is 0 Å². The van der Waals surface area contributed by atoms with Crippen molar-refractivity contribution in [3.63, 3.8) is 0 Å². The SMILES string of the molecule is C[C@@H](CO)Nc1ccccn1. The van der Waals surface area contributed by atoms with Crippen molar-refractivity contribution in [3.8, 4) is 0 Å². The van der Waals surface area contributed by atoms with Crippen LogP contribution in [0.15, 0.2) is 24.4 Å². The number of nitrogens with zero attached hydrogens (tertiary/aromatic N) is 1. The number of nitrogens with one attached hydrogen (secondary N) is 1. The highest BCUT2D eigenvalue weighted by molar-refractivity contribution is 5.33. The maximum absolute atomic E-state index is 8.71. The van der Waals surface area contributed by atoms with Gasteiger partial charge in [-0.25, -0.2) is 4.98 Å². The molecule has 0 radical (unpaired) electrons. The summed E-state index contributed by atoms with van der Waals surface area (Å²) in [6.07, 6.45) is 1.71. The van der Waals surface area contributed by atoms with Gasteiger partial charge in [0.15, 0.2) is 0 Å². The average Bonchev–Trinajstić information content (AvgIpc) is 2.06. The van der Waals surface area contributed by atoms with Gasteiger partial charge in [0.25, 0.3) is 0 Å². The maximum Gasteiger partial charge on any atom is 0.126 e. The molecule has 11 heavy (non-hydrogen) atoms. The van der Waals surface area contributed by atoms with Crippen molar-refractivity contribution in [2.24, 2.45) is 0 Å². The molecule has 0 bridgehead atoms. The van der Waals surface area contributed by atoms with E-state index in [4.69, 9.17) is 5.11 Å². The molecule has 0 fully saturated rings. The molecule has 1 atom stereocenters. The van der Waals surface area contributed by atoms with Gasteiger partial charge in [-0.2, -0.15) is 0 Å². The minimum absolute atomic E-state index is 0.0601. The number of hydrogen-bond acceptors (Lipinski definition) is 3. The third kappa shape index (κ3) is 2.55. The molecule has 0 saturated heterocycles. The fourth-order valence-corrected chi connectivity index (χ4v) is 0.746. The molecule has 0 aliphatic rings. The van der Waals surface area contributed by atoms with Crippen LogP contribution in [0.4, 0.5) is 5.82 Å². The highest BCUT2D eigenvalue weighted by Crippen LogP contribution is 2.01. The van der Waals surface area contributed by atoms with E-state index in [1.54, 1.807) is 6.20 Å². The molecule has 0 amide bonds. The quantitative estimate of drug-likeness (QED) is 0.675. The summed E-state index contributed by atoms with van der Waals surface area (Å²) >= 11 is 0. The Labute approximate surface area is 66.1 Å². The van der Waals surface area contributed by atoms with E-state index in [-0.39, 0.29) is 12.6 Å². The highest BCUT2D eigenvalue weighted by atomic mass is 16.3. The second kappa shape index (κ2) is 3.93. The maximum atomic E-state index is 8.71. The first-order chi connectivity index (χ1) is 5.33. The van der Waals surface area contributed by atoms with Crippen molar-refractivity contribution in [3.05, 3.63) is 24.4 Å². The molecule has 3 heteroatoms. The Morgan fingerprint density at radius 3 is 3.00 bits per heavy atom. The number of aromatic nitrogens is 1. The minimum atomic E-state index is 0.0601. The fourth-order valence-electron chi connectivity index (χ4n) is 0.746. The van der Waals surface area contributed by atoms with E-state index in [2.05, 4.69) is 10.3 Å². The largest absolute Gasteiger partial charge is 0.394 e. The van der Waals surface area contributed by atoms with Crippen molar-refractivity contribution >= 4 is 5.82 Å². The lowest BCUT2D eigenvalue weighted by Crippen LogP contribution is -2.19. The average molecular weight is 152 g/mol. The van der Waals surface area contributed by atoms with Crippen LogP contribution in [0.25, 0.3) is 0 Å². The van der Waals surface area contributed by atoms with E-state index in [0.717, 1.165) is 5.82 Å². The number of pyridine rings is 1. The van der Waals surface area contributed by atoms with Gasteiger partial charge in [-0.3, -0.25) is 0 Å². The molecule has 2 N–H and O–H groups in total. The Morgan fingerprint density at radius 1 is 1.64 bits per heavy atom. The summed E-state index contributed by atoms with van der Waals surface area (Å²) in [6.45, 7) is 2.02.